The Morgan fingerprint density at radius 2 is 1.62 bits per heavy atom. The molecule has 0 aliphatic carbocycles. The number of fused-ring (bicyclic) bond motifs is 1. The molecule has 0 spiro atoms. The van der Waals surface area contributed by atoms with Crippen molar-refractivity contribution < 1.29 is 4.79 Å². The van der Waals surface area contributed by atoms with Crippen LogP contribution >= 0.6 is 0 Å². The topological polar surface area (TPSA) is 67.2 Å². The minimum Gasteiger partial charge on any atom is -0.354 e. The maximum absolute atomic E-state index is 13.2. The van der Waals surface area contributed by atoms with E-state index in [1.807, 2.05) is 35.9 Å². The number of carbonyl (C=O) groups excluding carboxylic acids is 1. The number of hydrogen-bond acceptors (Lipinski definition) is 5. The van der Waals surface area contributed by atoms with Gasteiger partial charge in [-0.3, -0.25) is 4.79 Å². The third-order valence-corrected chi connectivity index (χ3v) is 7.57. The van der Waals surface area contributed by atoms with E-state index in [4.69, 9.17) is 15.1 Å². The summed E-state index contributed by atoms with van der Waals surface area (Å²) in [5.41, 5.74) is 4.12. The SMILES string of the molecule is Cc1nn(-c2ccccc2)c2nc(Cc3ccccc3)nc(N3CCCN(C(=O)C[C@H](C)CC(C)(C)C)CC3)c12. The van der Waals surface area contributed by atoms with Gasteiger partial charge >= 0.3 is 0 Å². The summed E-state index contributed by atoms with van der Waals surface area (Å²) in [7, 11) is 0. The number of hydrogen-bond donors (Lipinski definition) is 0. The second kappa shape index (κ2) is 11.8. The lowest BCUT2D eigenvalue weighted by Gasteiger charge is -2.26. The van der Waals surface area contributed by atoms with E-state index in [2.05, 4.69) is 73.9 Å². The fourth-order valence-electron chi connectivity index (χ4n) is 5.96. The van der Waals surface area contributed by atoms with Crippen LogP contribution in [0, 0.1) is 18.3 Å². The van der Waals surface area contributed by atoms with Crippen molar-refractivity contribution in [2.45, 2.75) is 60.3 Å². The summed E-state index contributed by atoms with van der Waals surface area (Å²) in [6, 6.07) is 20.5. The van der Waals surface area contributed by atoms with Crippen LogP contribution in [0.1, 0.15) is 64.0 Å². The highest BCUT2D eigenvalue weighted by molar-refractivity contribution is 5.91. The molecule has 7 heteroatoms. The summed E-state index contributed by atoms with van der Waals surface area (Å²) in [6.07, 6.45) is 3.21. The molecule has 1 amide bonds. The zero-order chi connectivity index (χ0) is 28.3. The van der Waals surface area contributed by atoms with E-state index in [0.29, 0.717) is 25.3 Å². The lowest BCUT2D eigenvalue weighted by Crippen LogP contribution is -2.36. The first-order chi connectivity index (χ1) is 19.2. The summed E-state index contributed by atoms with van der Waals surface area (Å²) < 4.78 is 1.94. The van der Waals surface area contributed by atoms with Crippen LogP contribution < -0.4 is 4.90 Å². The van der Waals surface area contributed by atoms with Crippen molar-refractivity contribution in [3.05, 3.63) is 77.7 Å². The Kier molecular flexibility index (Phi) is 8.19. The molecule has 1 atom stereocenters. The van der Waals surface area contributed by atoms with Crippen molar-refractivity contribution in [3.63, 3.8) is 0 Å². The Bertz CT molecular complexity index is 1440. The number of benzene rings is 2. The number of rotatable bonds is 7. The molecule has 0 unspecified atom stereocenters. The fourth-order valence-corrected chi connectivity index (χ4v) is 5.96. The number of anilines is 1. The zero-order valence-electron chi connectivity index (χ0n) is 24.6. The van der Waals surface area contributed by atoms with Gasteiger partial charge in [-0.2, -0.15) is 5.10 Å². The van der Waals surface area contributed by atoms with Crippen LogP contribution in [0.5, 0.6) is 0 Å². The highest BCUT2D eigenvalue weighted by atomic mass is 16.2. The average Bonchev–Trinajstić information content (AvgIpc) is 3.08. The van der Waals surface area contributed by atoms with E-state index in [9.17, 15) is 4.79 Å². The van der Waals surface area contributed by atoms with E-state index in [0.717, 1.165) is 66.5 Å². The van der Waals surface area contributed by atoms with Gasteiger partial charge in [0.05, 0.1) is 16.8 Å². The molecule has 4 aromatic rings. The summed E-state index contributed by atoms with van der Waals surface area (Å²) in [5, 5.41) is 5.90. The first-order valence-electron chi connectivity index (χ1n) is 14.6. The van der Waals surface area contributed by atoms with Crippen LogP contribution in [0.15, 0.2) is 60.7 Å². The van der Waals surface area contributed by atoms with Gasteiger partial charge in [-0.15, -0.1) is 0 Å². The van der Waals surface area contributed by atoms with Crippen LogP contribution in [0.3, 0.4) is 0 Å². The molecule has 0 N–H and O–H groups in total. The van der Waals surface area contributed by atoms with Crippen LogP contribution in [-0.4, -0.2) is 56.7 Å². The number of aromatic nitrogens is 4. The summed E-state index contributed by atoms with van der Waals surface area (Å²) in [4.78, 5) is 27.8. The molecule has 1 fully saturated rings. The summed E-state index contributed by atoms with van der Waals surface area (Å²) in [6.45, 7) is 14.0. The second-order valence-electron chi connectivity index (χ2n) is 12.5. The maximum Gasteiger partial charge on any atom is 0.222 e. The minimum absolute atomic E-state index is 0.229. The smallest absolute Gasteiger partial charge is 0.222 e. The molecule has 0 radical (unpaired) electrons. The van der Waals surface area contributed by atoms with E-state index in [1.165, 1.54) is 5.56 Å². The molecule has 5 rings (SSSR count). The van der Waals surface area contributed by atoms with Gasteiger partial charge in [-0.1, -0.05) is 76.2 Å². The molecular formula is C33H42N6O. The number of nitrogens with zero attached hydrogens (tertiary/aromatic N) is 6. The summed E-state index contributed by atoms with van der Waals surface area (Å²) in [5.74, 6) is 2.34. The number of aryl methyl sites for hydroxylation is 1. The standard InChI is InChI=1S/C33H42N6O/c1-24(23-33(3,4)5)21-29(40)37-17-12-18-38(20-19-37)31-30-25(2)36-39(27-15-10-7-11-16-27)32(30)35-28(34-31)22-26-13-8-6-9-14-26/h6-11,13-16,24H,12,17-23H2,1-5H3/t24-/m0/s1. The average molecular weight is 539 g/mol. The van der Waals surface area contributed by atoms with Crippen molar-refractivity contribution in [1.29, 1.82) is 0 Å². The lowest BCUT2D eigenvalue weighted by molar-refractivity contribution is -0.132. The van der Waals surface area contributed by atoms with Gasteiger partial charge in [0.1, 0.15) is 11.6 Å². The van der Waals surface area contributed by atoms with Gasteiger partial charge < -0.3 is 9.80 Å². The Morgan fingerprint density at radius 3 is 2.33 bits per heavy atom. The molecule has 2 aromatic heterocycles. The molecule has 1 aliphatic rings. The van der Waals surface area contributed by atoms with E-state index >= 15 is 0 Å². The first-order valence-corrected chi connectivity index (χ1v) is 14.6. The van der Waals surface area contributed by atoms with Crippen molar-refractivity contribution >= 4 is 22.8 Å². The predicted octanol–water partition coefficient (Wildman–Crippen LogP) is 6.22. The highest BCUT2D eigenvalue weighted by Crippen LogP contribution is 2.31. The van der Waals surface area contributed by atoms with E-state index in [-0.39, 0.29) is 11.3 Å². The fraction of sp³-hybridized carbons (Fsp3) is 0.455. The molecule has 210 valence electrons. The van der Waals surface area contributed by atoms with Gasteiger partial charge in [0, 0.05) is 39.0 Å². The van der Waals surface area contributed by atoms with Gasteiger partial charge in [0.15, 0.2) is 5.65 Å². The van der Waals surface area contributed by atoms with Crippen LogP contribution in [-0.2, 0) is 11.2 Å². The van der Waals surface area contributed by atoms with Gasteiger partial charge in [0.2, 0.25) is 5.91 Å². The van der Waals surface area contributed by atoms with Gasteiger partial charge in [-0.25, -0.2) is 14.6 Å². The molecule has 0 saturated carbocycles. The van der Waals surface area contributed by atoms with Crippen LogP contribution in [0.25, 0.3) is 16.7 Å². The van der Waals surface area contributed by atoms with Crippen molar-refractivity contribution in [3.8, 4) is 5.69 Å². The molecule has 0 bridgehead atoms. The zero-order valence-corrected chi connectivity index (χ0v) is 24.6. The number of carbonyl (C=O) groups is 1. The Labute approximate surface area is 238 Å². The lowest BCUT2D eigenvalue weighted by atomic mass is 9.84. The normalized spacial score (nSPS) is 15.3. The third-order valence-electron chi connectivity index (χ3n) is 7.57. The monoisotopic (exact) mass is 538 g/mol. The first kappa shape index (κ1) is 27.8. The minimum atomic E-state index is 0.229. The molecule has 7 nitrogen and oxygen atoms in total. The largest absolute Gasteiger partial charge is 0.354 e. The van der Waals surface area contributed by atoms with Crippen molar-refractivity contribution in [1.82, 2.24) is 24.6 Å². The summed E-state index contributed by atoms with van der Waals surface area (Å²) >= 11 is 0. The Balaban J connectivity index is 1.45. The van der Waals surface area contributed by atoms with Crippen molar-refractivity contribution in [2.75, 3.05) is 31.1 Å². The Hall–Kier alpha value is -3.74. The second-order valence-corrected chi connectivity index (χ2v) is 12.5. The van der Waals surface area contributed by atoms with Crippen LogP contribution in [0.4, 0.5) is 5.82 Å². The molecule has 3 heterocycles. The third kappa shape index (κ3) is 6.52. The molecule has 1 saturated heterocycles. The molecule has 1 aliphatic heterocycles. The van der Waals surface area contributed by atoms with Gasteiger partial charge in [-0.05, 0) is 48.8 Å². The van der Waals surface area contributed by atoms with E-state index in [1.54, 1.807) is 0 Å². The quantitative estimate of drug-likeness (QED) is 0.280. The Morgan fingerprint density at radius 1 is 0.925 bits per heavy atom. The van der Waals surface area contributed by atoms with E-state index < -0.39 is 0 Å². The number of amides is 1. The maximum atomic E-state index is 13.2. The molecule has 2 aromatic carbocycles. The number of para-hydroxylation sites is 1. The molecule has 40 heavy (non-hydrogen) atoms. The van der Waals surface area contributed by atoms with Gasteiger partial charge in [0.25, 0.3) is 0 Å². The predicted molar refractivity (Wildman–Crippen MR) is 162 cm³/mol. The molecular weight excluding hydrogens is 496 g/mol. The van der Waals surface area contributed by atoms with Crippen LogP contribution in [0.2, 0.25) is 0 Å². The van der Waals surface area contributed by atoms with Crippen molar-refractivity contribution in [2.24, 2.45) is 11.3 Å². The highest BCUT2D eigenvalue weighted by Gasteiger charge is 2.26.